The molecule has 0 aliphatic carbocycles. The lowest BCUT2D eigenvalue weighted by molar-refractivity contribution is 0.102. The maximum absolute atomic E-state index is 12.4. The van der Waals surface area contributed by atoms with Gasteiger partial charge in [-0.3, -0.25) is 9.78 Å². The molecule has 5 nitrogen and oxygen atoms in total. The molecule has 0 spiro atoms. The van der Waals surface area contributed by atoms with E-state index in [2.05, 4.69) is 39.5 Å². The number of fused-ring (bicyclic) bond motifs is 1. The molecule has 0 radical (unpaired) electrons. The number of carbonyl (C=O) groups excluding carboxylic acids is 1. The second kappa shape index (κ2) is 6.69. The average molecular weight is 334 g/mol. The number of likely N-dealkylation sites (tertiary alicyclic amines) is 1. The van der Waals surface area contributed by atoms with E-state index in [1.54, 1.807) is 24.5 Å². The maximum atomic E-state index is 12.4. The number of nitrogens with zero attached hydrogens (tertiary/aromatic N) is 2. The zero-order chi connectivity index (χ0) is 17.2. The first kappa shape index (κ1) is 15.8. The van der Waals surface area contributed by atoms with Crippen molar-refractivity contribution in [3.63, 3.8) is 0 Å². The van der Waals surface area contributed by atoms with Gasteiger partial charge in [0.15, 0.2) is 0 Å². The number of nitrogens with one attached hydrogen (secondary N) is 2. The van der Waals surface area contributed by atoms with Gasteiger partial charge in [-0.15, -0.1) is 0 Å². The highest BCUT2D eigenvalue weighted by atomic mass is 16.1. The Balaban J connectivity index is 1.59. The minimum Gasteiger partial charge on any atom is -0.361 e. The van der Waals surface area contributed by atoms with Gasteiger partial charge in [0, 0.05) is 40.7 Å². The largest absolute Gasteiger partial charge is 0.361 e. The van der Waals surface area contributed by atoms with E-state index in [9.17, 15) is 4.79 Å². The molecule has 1 amide bonds. The topological polar surface area (TPSA) is 61.0 Å². The second-order valence-electron chi connectivity index (χ2n) is 6.77. The Hall–Kier alpha value is -2.66. The van der Waals surface area contributed by atoms with Crippen molar-refractivity contribution in [3.05, 3.63) is 60.0 Å². The lowest BCUT2D eigenvalue weighted by Gasteiger charge is -2.28. The number of aromatic nitrogens is 2. The van der Waals surface area contributed by atoms with E-state index in [1.807, 2.05) is 12.1 Å². The third-order valence-electron chi connectivity index (χ3n) is 5.07. The third kappa shape index (κ3) is 3.28. The van der Waals surface area contributed by atoms with Gasteiger partial charge in [-0.25, -0.2) is 0 Å². The molecule has 3 heterocycles. The quantitative estimate of drug-likeness (QED) is 0.769. The number of rotatable bonds is 3. The average Bonchev–Trinajstić information content (AvgIpc) is 3.06. The van der Waals surface area contributed by atoms with E-state index < -0.39 is 0 Å². The van der Waals surface area contributed by atoms with E-state index in [0.29, 0.717) is 11.5 Å². The molecular weight excluding hydrogens is 312 g/mol. The minimum atomic E-state index is -0.113. The van der Waals surface area contributed by atoms with E-state index >= 15 is 0 Å². The first-order valence-electron chi connectivity index (χ1n) is 8.71. The van der Waals surface area contributed by atoms with Crippen LogP contribution in [0.25, 0.3) is 10.9 Å². The summed E-state index contributed by atoms with van der Waals surface area (Å²) >= 11 is 0. The summed E-state index contributed by atoms with van der Waals surface area (Å²) in [6.45, 7) is 2.27. The van der Waals surface area contributed by atoms with Gasteiger partial charge in [-0.2, -0.15) is 0 Å². The van der Waals surface area contributed by atoms with E-state index in [-0.39, 0.29) is 5.91 Å². The Bertz CT molecular complexity index is 879. The molecule has 1 saturated heterocycles. The number of amides is 1. The SMILES string of the molecule is CN1CCC(c2c[nH]c3ccc(NC(=O)c4ccncc4)cc23)CC1. The van der Waals surface area contributed by atoms with Crippen molar-refractivity contribution in [1.29, 1.82) is 0 Å². The minimum absolute atomic E-state index is 0.113. The Morgan fingerprint density at radius 3 is 2.72 bits per heavy atom. The molecule has 128 valence electrons. The maximum Gasteiger partial charge on any atom is 0.255 e. The third-order valence-corrected chi connectivity index (χ3v) is 5.07. The molecule has 3 aromatic rings. The summed E-state index contributed by atoms with van der Waals surface area (Å²) in [5, 5.41) is 4.20. The summed E-state index contributed by atoms with van der Waals surface area (Å²) in [5.41, 5.74) is 3.92. The van der Waals surface area contributed by atoms with Crippen LogP contribution in [0.2, 0.25) is 0 Å². The highest BCUT2D eigenvalue weighted by molar-refractivity contribution is 6.05. The predicted octanol–water partition coefficient (Wildman–Crippen LogP) is 3.62. The van der Waals surface area contributed by atoms with Crippen molar-refractivity contribution >= 4 is 22.5 Å². The highest BCUT2D eigenvalue weighted by Crippen LogP contribution is 2.34. The number of pyridine rings is 1. The van der Waals surface area contributed by atoms with Crippen LogP contribution < -0.4 is 5.32 Å². The van der Waals surface area contributed by atoms with Crippen molar-refractivity contribution in [2.45, 2.75) is 18.8 Å². The molecule has 0 bridgehead atoms. The smallest absolute Gasteiger partial charge is 0.255 e. The van der Waals surface area contributed by atoms with Crippen LogP contribution in [0.1, 0.15) is 34.7 Å². The van der Waals surface area contributed by atoms with E-state index in [4.69, 9.17) is 0 Å². The number of hydrogen-bond donors (Lipinski definition) is 2. The Morgan fingerprint density at radius 1 is 1.20 bits per heavy atom. The van der Waals surface area contributed by atoms with Gasteiger partial charge in [-0.1, -0.05) is 0 Å². The molecule has 25 heavy (non-hydrogen) atoms. The molecule has 2 N–H and O–H groups in total. The number of aromatic amines is 1. The molecule has 5 heteroatoms. The molecule has 0 unspecified atom stereocenters. The van der Waals surface area contributed by atoms with Crippen LogP contribution >= 0.6 is 0 Å². The molecule has 2 aromatic heterocycles. The first-order chi connectivity index (χ1) is 12.2. The van der Waals surface area contributed by atoms with Crippen LogP contribution in [0.5, 0.6) is 0 Å². The number of benzene rings is 1. The monoisotopic (exact) mass is 334 g/mol. The molecule has 4 rings (SSSR count). The fourth-order valence-corrected chi connectivity index (χ4v) is 3.58. The molecule has 1 aliphatic heterocycles. The number of anilines is 1. The molecule has 1 fully saturated rings. The van der Waals surface area contributed by atoms with Gasteiger partial charge in [0.1, 0.15) is 0 Å². The second-order valence-corrected chi connectivity index (χ2v) is 6.77. The van der Waals surface area contributed by atoms with Crippen molar-refractivity contribution in [3.8, 4) is 0 Å². The number of H-pyrrole nitrogens is 1. The molecular formula is C20H22N4O. The predicted molar refractivity (Wildman–Crippen MR) is 100.0 cm³/mol. The summed E-state index contributed by atoms with van der Waals surface area (Å²) in [4.78, 5) is 22.1. The fraction of sp³-hybridized carbons (Fsp3) is 0.300. The molecule has 0 atom stereocenters. The van der Waals surface area contributed by atoms with E-state index in [0.717, 1.165) is 24.3 Å². The van der Waals surface area contributed by atoms with Crippen molar-refractivity contribution in [1.82, 2.24) is 14.9 Å². The van der Waals surface area contributed by atoms with Gasteiger partial charge in [0.05, 0.1) is 0 Å². The summed E-state index contributed by atoms with van der Waals surface area (Å²) < 4.78 is 0. The van der Waals surface area contributed by atoms with Crippen LogP contribution in [0.3, 0.4) is 0 Å². The number of piperidine rings is 1. The standard InChI is InChI=1S/C20H22N4O/c1-24-10-6-14(7-11-24)18-13-22-19-3-2-16(12-17(18)19)23-20(25)15-4-8-21-9-5-15/h2-5,8-9,12-14,22H,6-7,10-11H2,1H3,(H,23,25). The first-order valence-corrected chi connectivity index (χ1v) is 8.71. The van der Waals surface area contributed by atoms with Gasteiger partial charge in [0.25, 0.3) is 5.91 Å². The van der Waals surface area contributed by atoms with Gasteiger partial charge < -0.3 is 15.2 Å². The zero-order valence-electron chi connectivity index (χ0n) is 14.3. The Kier molecular flexibility index (Phi) is 4.24. The van der Waals surface area contributed by atoms with Crippen LogP contribution in [0, 0.1) is 0 Å². The fourth-order valence-electron chi connectivity index (χ4n) is 3.58. The van der Waals surface area contributed by atoms with Crippen molar-refractivity contribution < 1.29 is 4.79 Å². The lowest BCUT2D eigenvalue weighted by atomic mass is 9.89. The Morgan fingerprint density at radius 2 is 1.96 bits per heavy atom. The highest BCUT2D eigenvalue weighted by Gasteiger charge is 2.21. The van der Waals surface area contributed by atoms with Crippen LogP contribution in [0.15, 0.2) is 48.9 Å². The Labute approximate surface area is 147 Å². The van der Waals surface area contributed by atoms with E-state index in [1.165, 1.54) is 23.8 Å². The normalized spacial score (nSPS) is 16.2. The van der Waals surface area contributed by atoms with Gasteiger partial charge in [0.2, 0.25) is 0 Å². The van der Waals surface area contributed by atoms with Crippen LogP contribution in [-0.2, 0) is 0 Å². The lowest BCUT2D eigenvalue weighted by Crippen LogP contribution is -2.29. The summed E-state index contributed by atoms with van der Waals surface area (Å²) in [5.74, 6) is 0.467. The molecule has 0 saturated carbocycles. The van der Waals surface area contributed by atoms with Crippen molar-refractivity contribution in [2.24, 2.45) is 0 Å². The van der Waals surface area contributed by atoms with Crippen LogP contribution in [0.4, 0.5) is 5.69 Å². The number of hydrogen-bond acceptors (Lipinski definition) is 3. The van der Waals surface area contributed by atoms with Crippen LogP contribution in [-0.4, -0.2) is 40.9 Å². The van der Waals surface area contributed by atoms with Crippen molar-refractivity contribution in [2.75, 3.05) is 25.5 Å². The zero-order valence-corrected chi connectivity index (χ0v) is 14.3. The molecule has 1 aromatic carbocycles. The molecule has 1 aliphatic rings. The van der Waals surface area contributed by atoms with Gasteiger partial charge in [-0.05, 0) is 74.8 Å². The number of carbonyl (C=O) groups is 1. The summed E-state index contributed by atoms with van der Waals surface area (Å²) in [7, 11) is 2.18. The summed E-state index contributed by atoms with van der Waals surface area (Å²) in [6.07, 6.45) is 7.74. The van der Waals surface area contributed by atoms with Gasteiger partial charge >= 0.3 is 0 Å². The summed E-state index contributed by atoms with van der Waals surface area (Å²) in [6, 6.07) is 9.49.